The van der Waals surface area contributed by atoms with Crippen LogP contribution in [0, 0.1) is 0 Å². The molecular formula is C13H19NO. The minimum atomic E-state index is 0.426. The Bertz CT molecular complexity index is 312. The summed E-state index contributed by atoms with van der Waals surface area (Å²) in [5, 5.41) is 3.28. The Balaban J connectivity index is 2.84. The molecule has 0 fully saturated rings. The lowest BCUT2D eigenvalue weighted by atomic mass is 10.0. The lowest BCUT2D eigenvalue weighted by molar-refractivity contribution is 0.371. The second-order valence-corrected chi connectivity index (χ2v) is 3.50. The minimum absolute atomic E-state index is 0.426. The maximum absolute atomic E-state index is 5.08. The summed E-state index contributed by atoms with van der Waals surface area (Å²) in [4.78, 5) is 0. The Morgan fingerprint density at radius 3 is 2.40 bits per heavy atom. The van der Waals surface area contributed by atoms with Crippen LogP contribution in [0.15, 0.2) is 30.8 Å². The standard InChI is InChI=1S/C13H19NO/c1-5-13(14-3)12-8-6-11(7-9-12)10(2)15-4/h6-9,13-14H,2,5H2,1,3-4H3/t13-/m0/s1. The van der Waals surface area contributed by atoms with Gasteiger partial charge in [-0.25, -0.2) is 0 Å². The monoisotopic (exact) mass is 205 g/mol. The smallest absolute Gasteiger partial charge is 0.118 e. The highest BCUT2D eigenvalue weighted by molar-refractivity contribution is 5.57. The predicted molar refractivity (Wildman–Crippen MR) is 64.6 cm³/mol. The van der Waals surface area contributed by atoms with E-state index in [1.54, 1.807) is 7.11 Å². The molecule has 0 aliphatic rings. The van der Waals surface area contributed by atoms with Crippen molar-refractivity contribution in [2.75, 3.05) is 14.2 Å². The van der Waals surface area contributed by atoms with Gasteiger partial charge in [-0.15, -0.1) is 0 Å². The van der Waals surface area contributed by atoms with Gasteiger partial charge in [0.1, 0.15) is 5.76 Å². The molecule has 0 saturated heterocycles. The molecule has 0 bridgehead atoms. The largest absolute Gasteiger partial charge is 0.497 e. The van der Waals surface area contributed by atoms with Crippen LogP contribution in [0.2, 0.25) is 0 Å². The second kappa shape index (κ2) is 5.56. The molecule has 0 aliphatic carbocycles. The molecule has 0 unspecified atom stereocenters. The molecule has 2 nitrogen and oxygen atoms in total. The molecule has 1 N–H and O–H groups in total. The molecule has 15 heavy (non-hydrogen) atoms. The zero-order valence-electron chi connectivity index (χ0n) is 9.71. The van der Waals surface area contributed by atoms with E-state index in [2.05, 4.69) is 31.0 Å². The molecule has 2 heteroatoms. The highest BCUT2D eigenvalue weighted by Crippen LogP contribution is 2.19. The number of hydrogen-bond acceptors (Lipinski definition) is 2. The summed E-state index contributed by atoms with van der Waals surface area (Å²) in [6.07, 6.45) is 1.08. The lowest BCUT2D eigenvalue weighted by Crippen LogP contribution is -2.14. The van der Waals surface area contributed by atoms with E-state index in [-0.39, 0.29) is 0 Å². The lowest BCUT2D eigenvalue weighted by Gasteiger charge is -2.14. The molecule has 0 amide bonds. The van der Waals surface area contributed by atoms with Gasteiger partial charge in [-0.1, -0.05) is 37.8 Å². The van der Waals surface area contributed by atoms with Gasteiger partial charge in [0.25, 0.3) is 0 Å². The first-order chi connectivity index (χ1) is 7.22. The van der Waals surface area contributed by atoms with Crippen LogP contribution in [0.5, 0.6) is 0 Å². The third kappa shape index (κ3) is 2.83. The first-order valence-electron chi connectivity index (χ1n) is 5.23. The summed E-state index contributed by atoms with van der Waals surface area (Å²) >= 11 is 0. The van der Waals surface area contributed by atoms with E-state index in [1.165, 1.54) is 5.56 Å². The quantitative estimate of drug-likeness (QED) is 0.746. The van der Waals surface area contributed by atoms with Gasteiger partial charge in [-0.2, -0.15) is 0 Å². The Morgan fingerprint density at radius 2 is 2.00 bits per heavy atom. The molecule has 0 aromatic heterocycles. The van der Waals surface area contributed by atoms with Crippen LogP contribution in [0.1, 0.15) is 30.5 Å². The highest BCUT2D eigenvalue weighted by Gasteiger charge is 2.06. The van der Waals surface area contributed by atoms with Crippen molar-refractivity contribution < 1.29 is 4.74 Å². The van der Waals surface area contributed by atoms with Gasteiger partial charge in [0, 0.05) is 11.6 Å². The Morgan fingerprint density at radius 1 is 1.40 bits per heavy atom. The summed E-state index contributed by atoms with van der Waals surface area (Å²) in [6, 6.07) is 8.74. The summed E-state index contributed by atoms with van der Waals surface area (Å²) in [6.45, 7) is 5.99. The van der Waals surface area contributed by atoms with Gasteiger partial charge in [0.05, 0.1) is 7.11 Å². The maximum atomic E-state index is 5.08. The summed E-state index contributed by atoms with van der Waals surface area (Å²) in [5.41, 5.74) is 2.33. The van der Waals surface area contributed by atoms with Gasteiger partial charge in [-0.05, 0) is 19.0 Å². The van der Waals surface area contributed by atoms with Crippen molar-refractivity contribution >= 4 is 5.76 Å². The first-order valence-corrected chi connectivity index (χ1v) is 5.23. The van der Waals surface area contributed by atoms with Crippen molar-refractivity contribution in [1.29, 1.82) is 0 Å². The van der Waals surface area contributed by atoms with Crippen LogP contribution < -0.4 is 5.32 Å². The Kier molecular flexibility index (Phi) is 4.37. The summed E-state index contributed by atoms with van der Waals surface area (Å²) in [7, 11) is 3.62. The fourth-order valence-corrected chi connectivity index (χ4v) is 1.63. The summed E-state index contributed by atoms with van der Waals surface area (Å²) in [5.74, 6) is 0.707. The molecule has 1 rings (SSSR count). The number of hydrogen-bond donors (Lipinski definition) is 1. The molecule has 0 spiro atoms. The van der Waals surface area contributed by atoms with Crippen LogP contribution in [-0.4, -0.2) is 14.2 Å². The van der Waals surface area contributed by atoms with Gasteiger partial charge < -0.3 is 10.1 Å². The van der Waals surface area contributed by atoms with Gasteiger partial charge in [0.15, 0.2) is 0 Å². The fraction of sp³-hybridized carbons (Fsp3) is 0.385. The number of rotatable bonds is 5. The number of benzene rings is 1. The van der Waals surface area contributed by atoms with Gasteiger partial charge in [-0.3, -0.25) is 0 Å². The third-order valence-electron chi connectivity index (χ3n) is 2.64. The van der Waals surface area contributed by atoms with E-state index in [4.69, 9.17) is 4.74 Å². The van der Waals surface area contributed by atoms with E-state index in [9.17, 15) is 0 Å². The van der Waals surface area contributed by atoms with E-state index in [0.29, 0.717) is 11.8 Å². The number of methoxy groups -OCH3 is 1. The van der Waals surface area contributed by atoms with Crippen LogP contribution in [0.4, 0.5) is 0 Å². The summed E-state index contributed by atoms with van der Waals surface area (Å²) < 4.78 is 5.08. The molecule has 82 valence electrons. The topological polar surface area (TPSA) is 21.3 Å². The first kappa shape index (κ1) is 11.8. The predicted octanol–water partition coefficient (Wildman–Crippen LogP) is 2.97. The maximum Gasteiger partial charge on any atom is 0.118 e. The normalized spacial score (nSPS) is 12.2. The fourth-order valence-electron chi connectivity index (χ4n) is 1.63. The van der Waals surface area contributed by atoms with Crippen LogP contribution in [0.25, 0.3) is 5.76 Å². The SMILES string of the molecule is C=C(OC)c1ccc([C@H](CC)NC)cc1. The molecular weight excluding hydrogens is 186 g/mol. The zero-order valence-corrected chi connectivity index (χ0v) is 9.71. The van der Waals surface area contributed by atoms with Crippen molar-refractivity contribution in [3.8, 4) is 0 Å². The van der Waals surface area contributed by atoms with Gasteiger partial charge >= 0.3 is 0 Å². The van der Waals surface area contributed by atoms with Crippen molar-refractivity contribution in [3.63, 3.8) is 0 Å². The van der Waals surface area contributed by atoms with Crippen LogP contribution in [0.3, 0.4) is 0 Å². The number of ether oxygens (including phenoxy) is 1. The minimum Gasteiger partial charge on any atom is -0.497 e. The van der Waals surface area contributed by atoms with Crippen molar-refractivity contribution in [2.24, 2.45) is 0 Å². The van der Waals surface area contributed by atoms with E-state index in [1.807, 2.05) is 19.2 Å². The molecule has 1 atom stereocenters. The van der Waals surface area contributed by atoms with Crippen molar-refractivity contribution in [3.05, 3.63) is 42.0 Å². The zero-order chi connectivity index (χ0) is 11.3. The Labute approximate surface area is 92.0 Å². The highest BCUT2D eigenvalue weighted by atomic mass is 16.5. The molecule has 1 aromatic rings. The van der Waals surface area contributed by atoms with Crippen molar-refractivity contribution in [2.45, 2.75) is 19.4 Å². The second-order valence-electron chi connectivity index (χ2n) is 3.50. The Hall–Kier alpha value is -1.28. The number of nitrogens with one attached hydrogen (secondary N) is 1. The molecule has 0 aliphatic heterocycles. The molecule has 0 saturated carbocycles. The molecule has 0 radical (unpaired) electrons. The van der Waals surface area contributed by atoms with Crippen molar-refractivity contribution in [1.82, 2.24) is 5.32 Å². The third-order valence-corrected chi connectivity index (χ3v) is 2.64. The van der Waals surface area contributed by atoms with Crippen LogP contribution >= 0.6 is 0 Å². The average Bonchev–Trinajstić information content (AvgIpc) is 2.30. The van der Waals surface area contributed by atoms with E-state index in [0.717, 1.165) is 12.0 Å². The van der Waals surface area contributed by atoms with Gasteiger partial charge in [0.2, 0.25) is 0 Å². The molecule has 0 heterocycles. The average molecular weight is 205 g/mol. The molecule has 1 aromatic carbocycles. The van der Waals surface area contributed by atoms with E-state index < -0.39 is 0 Å². The van der Waals surface area contributed by atoms with E-state index >= 15 is 0 Å². The van der Waals surface area contributed by atoms with Crippen LogP contribution in [-0.2, 0) is 4.74 Å².